The molecule has 3 rings (SSSR count). The van der Waals surface area contributed by atoms with Gasteiger partial charge >= 0.3 is 0 Å². The van der Waals surface area contributed by atoms with Crippen molar-refractivity contribution in [3.8, 4) is 16.9 Å². The Morgan fingerprint density at radius 2 is 1.74 bits per heavy atom. The van der Waals surface area contributed by atoms with Gasteiger partial charge in [-0.15, -0.1) is 0 Å². The molecule has 0 unspecified atom stereocenters. The topological polar surface area (TPSA) is 9.23 Å². The molecule has 118 valence electrons. The zero-order valence-electron chi connectivity index (χ0n) is 13.0. The van der Waals surface area contributed by atoms with Crippen LogP contribution in [0.1, 0.15) is 12.0 Å². The van der Waals surface area contributed by atoms with Crippen LogP contribution in [-0.2, 0) is 6.42 Å². The molecule has 0 heterocycles. The molecule has 0 atom stereocenters. The lowest BCUT2D eigenvalue weighted by Gasteiger charge is -2.14. The third-order valence-electron chi connectivity index (χ3n) is 4.03. The van der Waals surface area contributed by atoms with E-state index in [0.29, 0.717) is 0 Å². The second-order valence-electron chi connectivity index (χ2n) is 5.49. The van der Waals surface area contributed by atoms with Crippen LogP contribution >= 0.6 is 27.5 Å². The van der Waals surface area contributed by atoms with Crippen LogP contribution in [-0.4, -0.2) is 12.4 Å². The van der Waals surface area contributed by atoms with Crippen LogP contribution in [0.4, 0.5) is 0 Å². The fourth-order valence-corrected chi connectivity index (χ4v) is 3.35. The second-order valence-corrected chi connectivity index (χ2v) is 6.72. The Labute approximate surface area is 150 Å². The second kappa shape index (κ2) is 7.37. The number of alkyl halides is 1. The smallest absolute Gasteiger partial charge is 0.118 e. The number of halogens is 2. The summed E-state index contributed by atoms with van der Waals surface area (Å²) in [6.45, 7) is 0. The van der Waals surface area contributed by atoms with E-state index >= 15 is 0 Å². The van der Waals surface area contributed by atoms with E-state index in [1.807, 2.05) is 18.2 Å². The number of benzene rings is 3. The van der Waals surface area contributed by atoms with E-state index in [-0.39, 0.29) is 0 Å². The lowest BCUT2D eigenvalue weighted by molar-refractivity contribution is 0.415. The van der Waals surface area contributed by atoms with Crippen molar-refractivity contribution in [1.82, 2.24) is 0 Å². The van der Waals surface area contributed by atoms with E-state index in [2.05, 4.69) is 52.3 Å². The van der Waals surface area contributed by atoms with E-state index in [4.69, 9.17) is 16.3 Å². The lowest BCUT2D eigenvalue weighted by atomic mass is 9.91. The number of hydrogen-bond acceptors (Lipinski definition) is 1. The Morgan fingerprint density at radius 3 is 2.43 bits per heavy atom. The molecule has 0 saturated heterocycles. The van der Waals surface area contributed by atoms with Gasteiger partial charge in [0, 0.05) is 10.4 Å². The van der Waals surface area contributed by atoms with Crippen LogP contribution in [0.15, 0.2) is 54.6 Å². The molecule has 0 aliphatic heterocycles. The number of aryl methyl sites for hydroxylation is 1. The summed E-state index contributed by atoms with van der Waals surface area (Å²) >= 11 is 9.79. The van der Waals surface area contributed by atoms with Crippen LogP contribution in [0.5, 0.6) is 5.75 Å². The van der Waals surface area contributed by atoms with Gasteiger partial charge in [0.05, 0.1) is 7.11 Å². The fraction of sp³-hybridized carbons (Fsp3) is 0.200. The molecule has 0 N–H and O–H groups in total. The third kappa shape index (κ3) is 3.54. The predicted molar refractivity (Wildman–Crippen MR) is 103 cm³/mol. The summed E-state index contributed by atoms with van der Waals surface area (Å²) in [6.07, 6.45) is 2.14. The van der Waals surface area contributed by atoms with E-state index in [0.717, 1.165) is 28.9 Å². The minimum atomic E-state index is 0.768. The molecule has 0 spiro atoms. The van der Waals surface area contributed by atoms with Gasteiger partial charge in [0.1, 0.15) is 5.75 Å². The van der Waals surface area contributed by atoms with Gasteiger partial charge in [-0.05, 0) is 64.6 Å². The summed E-state index contributed by atoms with van der Waals surface area (Å²) in [6, 6.07) is 18.8. The van der Waals surface area contributed by atoms with Crippen LogP contribution in [0.2, 0.25) is 5.02 Å². The van der Waals surface area contributed by atoms with Gasteiger partial charge in [0.15, 0.2) is 0 Å². The van der Waals surface area contributed by atoms with Crippen LogP contribution < -0.4 is 4.74 Å². The highest BCUT2D eigenvalue weighted by Crippen LogP contribution is 2.35. The molecule has 3 aromatic carbocycles. The lowest BCUT2D eigenvalue weighted by Crippen LogP contribution is -1.93. The molecule has 0 aromatic heterocycles. The largest absolute Gasteiger partial charge is 0.497 e. The Balaban J connectivity index is 2.21. The van der Waals surface area contributed by atoms with Gasteiger partial charge in [-0.1, -0.05) is 57.9 Å². The fourth-order valence-electron chi connectivity index (χ4n) is 2.90. The summed E-state index contributed by atoms with van der Waals surface area (Å²) in [7, 11) is 1.69. The standard InChI is InChI=1S/C20H18BrClO/c1-23-18-10-7-16(8-11-18)20-15(3-2-12-21)5-4-14-6-9-17(22)13-19(14)20/h4-11,13H,2-3,12H2,1H3. The molecule has 0 fully saturated rings. The van der Waals surface area contributed by atoms with Crippen molar-refractivity contribution in [2.75, 3.05) is 12.4 Å². The van der Waals surface area contributed by atoms with E-state index in [1.54, 1.807) is 7.11 Å². The first-order chi connectivity index (χ1) is 11.2. The van der Waals surface area contributed by atoms with Crippen LogP contribution in [0, 0.1) is 0 Å². The Bertz CT molecular complexity index is 812. The normalized spacial score (nSPS) is 10.9. The highest BCUT2D eigenvalue weighted by Gasteiger charge is 2.11. The highest BCUT2D eigenvalue weighted by molar-refractivity contribution is 9.09. The first-order valence-electron chi connectivity index (χ1n) is 7.64. The minimum absolute atomic E-state index is 0.768. The van der Waals surface area contributed by atoms with Crippen molar-refractivity contribution in [3.05, 3.63) is 65.2 Å². The zero-order chi connectivity index (χ0) is 16.2. The molecule has 0 aliphatic carbocycles. The van der Waals surface area contributed by atoms with Crippen molar-refractivity contribution < 1.29 is 4.74 Å². The monoisotopic (exact) mass is 388 g/mol. The number of rotatable bonds is 5. The van der Waals surface area contributed by atoms with Crippen molar-refractivity contribution in [2.45, 2.75) is 12.8 Å². The number of ether oxygens (including phenoxy) is 1. The van der Waals surface area contributed by atoms with Gasteiger partial charge in [-0.2, -0.15) is 0 Å². The van der Waals surface area contributed by atoms with Crippen molar-refractivity contribution in [2.24, 2.45) is 0 Å². The predicted octanol–water partition coefficient (Wildman–Crippen LogP) is 6.50. The van der Waals surface area contributed by atoms with Gasteiger partial charge in [-0.3, -0.25) is 0 Å². The van der Waals surface area contributed by atoms with Crippen molar-refractivity contribution in [3.63, 3.8) is 0 Å². The third-order valence-corrected chi connectivity index (χ3v) is 4.82. The summed E-state index contributed by atoms with van der Waals surface area (Å²) in [5.74, 6) is 0.869. The first-order valence-corrected chi connectivity index (χ1v) is 9.14. The summed E-state index contributed by atoms with van der Waals surface area (Å²) in [4.78, 5) is 0. The first kappa shape index (κ1) is 16.4. The molecule has 3 heteroatoms. The SMILES string of the molecule is COc1ccc(-c2c(CCCBr)ccc3ccc(Cl)cc23)cc1. The van der Waals surface area contributed by atoms with Gasteiger partial charge < -0.3 is 4.74 Å². The van der Waals surface area contributed by atoms with Crippen LogP contribution in [0.25, 0.3) is 21.9 Å². The Morgan fingerprint density at radius 1 is 1.00 bits per heavy atom. The van der Waals surface area contributed by atoms with Gasteiger partial charge in [0.2, 0.25) is 0 Å². The summed E-state index contributed by atoms with van der Waals surface area (Å²) in [5, 5.41) is 4.19. The molecule has 0 aliphatic rings. The number of hydrogen-bond donors (Lipinski definition) is 0. The molecule has 0 amide bonds. The van der Waals surface area contributed by atoms with Crippen molar-refractivity contribution >= 4 is 38.3 Å². The number of fused-ring (bicyclic) bond motifs is 1. The molecular weight excluding hydrogens is 372 g/mol. The van der Waals surface area contributed by atoms with Crippen molar-refractivity contribution in [1.29, 1.82) is 0 Å². The van der Waals surface area contributed by atoms with Gasteiger partial charge in [-0.25, -0.2) is 0 Å². The van der Waals surface area contributed by atoms with E-state index in [9.17, 15) is 0 Å². The molecule has 0 bridgehead atoms. The molecule has 3 aromatic rings. The molecular formula is C20H18BrClO. The maximum atomic E-state index is 6.25. The minimum Gasteiger partial charge on any atom is -0.497 e. The molecule has 0 radical (unpaired) electrons. The average Bonchev–Trinajstić information content (AvgIpc) is 2.59. The molecule has 23 heavy (non-hydrogen) atoms. The zero-order valence-corrected chi connectivity index (χ0v) is 15.3. The summed E-state index contributed by atoms with van der Waals surface area (Å²) < 4.78 is 5.28. The Hall–Kier alpha value is -1.51. The van der Waals surface area contributed by atoms with Crippen LogP contribution in [0.3, 0.4) is 0 Å². The molecule has 0 saturated carbocycles. The highest BCUT2D eigenvalue weighted by atomic mass is 79.9. The maximum absolute atomic E-state index is 6.25. The Kier molecular flexibility index (Phi) is 5.24. The quantitative estimate of drug-likeness (QED) is 0.453. The average molecular weight is 390 g/mol. The van der Waals surface area contributed by atoms with E-state index in [1.165, 1.54) is 27.5 Å². The summed E-state index contributed by atoms with van der Waals surface area (Å²) in [5.41, 5.74) is 3.82. The molecule has 1 nitrogen and oxygen atoms in total. The van der Waals surface area contributed by atoms with Gasteiger partial charge in [0.25, 0.3) is 0 Å². The maximum Gasteiger partial charge on any atom is 0.118 e. The van der Waals surface area contributed by atoms with E-state index < -0.39 is 0 Å². The number of methoxy groups -OCH3 is 1.